The first-order valence-corrected chi connectivity index (χ1v) is 26.4. The second-order valence-corrected chi connectivity index (χ2v) is 23.7. The lowest BCUT2D eigenvalue weighted by molar-refractivity contribution is -0.491. The number of unbranched alkanes of at least 4 members (excludes halogenated alkanes) is 3. The van der Waals surface area contributed by atoms with Gasteiger partial charge in [-0.3, -0.25) is 9.53 Å². The van der Waals surface area contributed by atoms with Gasteiger partial charge in [0, 0.05) is 12.0 Å². The van der Waals surface area contributed by atoms with Crippen molar-refractivity contribution in [3.8, 4) is 0 Å². The van der Waals surface area contributed by atoms with E-state index in [1.54, 1.807) is 0 Å². The van der Waals surface area contributed by atoms with Crippen LogP contribution in [0.4, 0.5) is 0 Å². The third-order valence-electron chi connectivity index (χ3n) is 16.3. The molecule has 8 aliphatic rings. The Morgan fingerprint density at radius 1 is 0.934 bits per heavy atom. The van der Waals surface area contributed by atoms with E-state index in [2.05, 4.69) is 67.6 Å². The Labute approximate surface area is 365 Å². The maximum absolute atomic E-state index is 16.2. The molecule has 10 rings (SSSR count). The molecule has 2 aromatic rings. The van der Waals surface area contributed by atoms with Crippen LogP contribution in [0.1, 0.15) is 117 Å². The number of ether oxygens (including phenoxy) is 6. The molecular formula is C51H70O9Si. The van der Waals surface area contributed by atoms with E-state index in [1.165, 1.54) is 12.7 Å². The predicted molar refractivity (Wildman–Crippen MR) is 234 cm³/mol. The van der Waals surface area contributed by atoms with Crippen LogP contribution in [0, 0.1) is 57.2 Å². The lowest BCUT2D eigenvalue weighted by atomic mass is 9.43. The Hall–Kier alpha value is -2.70. The van der Waals surface area contributed by atoms with Gasteiger partial charge in [0.2, 0.25) is 0 Å². The quantitative estimate of drug-likeness (QED) is 0.0507. The van der Waals surface area contributed by atoms with E-state index in [0.29, 0.717) is 18.9 Å². The number of fused-ring (bicyclic) bond motifs is 2. The second-order valence-electron chi connectivity index (χ2n) is 21.4. The van der Waals surface area contributed by atoms with Gasteiger partial charge in [0.25, 0.3) is 5.97 Å². The zero-order valence-corrected chi connectivity index (χ0v) is 39.2. The fourth-order valence-electron chi connectivity index (χ4n) is 14.1. The molecule has 2 aromatic carbocycles. The lowest BCUT2D eigenvalue weighted by Gasteiger charge is -2.59. The average Bonchev–Trinajstić information content (AvgIpc) is 3.92. The zero-order chi connectivity index (χ0) is 43.2. The summed E-state index contributed by atoms with van der Waals surface area (Å²) < 4.78 is 49.1. The largest absolute Gasteiger partial charge is 0.452 e. The molecule has 13 atom stereocenters. The van der Waals surface area contributed by atoms with Gasteiger partial charge < -0.3 is 32.9 Å². The number of aldehydes is 1. The summed E-state index contributed by atoms with van der Waals surface area (Å²) in [5.74, 6) is -3.08. The Morgan fingerprint density at radius 2 is 1.62 bits per heavy atom. The summed E-state index contributed by atoms with van der Waals surface area (Å²) in [5, 5.41) is 0. The molecule has 7 fully saturated rings. The van der Waals surface area contributed by atoms with Gasteiger partial charge in [0.15, 0.2) is 21.2 Å². The zero-order valence-electron chi connectivity index (χ0n) is 38.0. The topological polar surface area (TPSA) is 98.8 Å². The van der Waals surface area contributed by atoms with E-state index in [0.717, 1.165) is 55.2 Å². The first-order valence-electron chi connectivity index (χ1n) is 23.6. The fourth-order valence-corrected chi connectivity index (χ4v) is 15.0. The summed E-state index contributed by atoms with van der Waals surface area (Å²) in [4.78, 5) is 30.7. The van der Waals surface area contributed by atoms with Crippen LogP contribution in [0.2, 0.25) is 13.1 Å². The van der Waals surface area contributed by atoms with Crippen molar-refractivity contribution in [1.29, 1.82) is 0 Å². The van der Waals surface area contributed by atoms with Gasteiger partial charge in [-0.25, -0.2) is 0 Å². The minimum absolute atomic E-state index is 0.0127. The van der Waals surface area contributed by atoms with E-state index >= 15 is 4.79 Å². The monoisotopic (exact) mass is 854 g/mol. The fraction of sp³-hybridized carbons (Fsp3) is 0.686. The molecule has 61 heavy (non-hydrogen) atoms. The Bertz CT molecular complexity index is 1930. The Kier molecular flexibility index (Phi) is 11.3. The van der Waals surface area contributed by atoms with Crippen molar-refractivity contribution >= 4 is 21.3 Å². The number of esters is 1. The molecular weight excluding hydrogens is 785 g/mol. The standard InChI is InChI=1S/C51H70O9Si/c1-10-11-12-19-26-54-42-41-43(46(5,6)7)50(58-44(42)51(57-41,59-50)60-61(8)9)55-31-48-29-37-33(4)24-25-38(37)47(30-52)28-36(48)27-39(32(2)3)49(47,48)45(53)56-40(34-20-15-13-16-21-34)35-22-17-14-18-23-35/h13-18,20-23,27,30,32-33,36-38,40-44,61H,10-12,19,24-26,28-29,31H2,1-9H3. The summed E-state index contributed by atoms with van der Waals surface area (Å²) in [5.41, 5.74) is -0.649. The number of rotatable bonds is 17. The van der Waals surface area contributed by atoms with Crippen LogP contribution < -0.4 is 0 Å². The molecule has 0 aromatic heterocycles. The first-order chi connectivity index (χ1) is 29.1. The van der Waals surface area contributed by atoms with Crippen LogP contribution in [0.5, 0.6) is 0 Å². The molecule has 4 heterocycles. The highest BCUT2D eigenvalue weighted by Crippen LogP contribution is 2.83. The average molecular weight is 855 g/mol. The summed E-state index contributed by atoms with van der Waals surface area (Å²) in [7, 11) is -1.74. The summed E-state index contributed by atoms with van der Waals surface area (Å²) >= 11 is 0. The van der Waals surface area contributed by atoms with E-state index in [1.807, 2.05) is 60.7 Å². The van der Waals surface area contributed by atoms with Crippen molar-refractivity contribution in [1.82, 2.24) is 0 Å². The molecule has 0 spiro atoms. The molecule has 4 aliphatic carbocycles. The number of carbonyl (C=O) groups is 2. The second kappa shape index (κ2) is 15.8. The summed E-state index contributed by atoms with van der Waals surface area (Å²) in [6.45, 7) is 20.4. The number of allylic oxidation sites excluding steroid dienone is 1. The molecule has 10 heteroatoms. The third kappa shape index (κ3) is 6.34. The van der Waals surface area contributed by atoms with Gasteiger partial charge in [-0.2, -0.15) is 0 Å². The number of hydrogen-bond acceptors (Lipinski definition) is 9. The van der Waals surface area contributed by atoms with Crippen LogP contribution in [0.3, 0.4) is 0 Å². The molecule has 8 bridgehead atoms. The number of carbonyl (C=O) groups excluding carboxylic acids is 2. The van der Waals surface area contributed by atoms with Crippen LogP contribution in [-0.2, 0) is 42.4 Å². The minimum atomic E-state index is -1.74. The Morgan fingerprint density at radius 3 is 2.23 bits per heavy atom. The van der Waals surface area contributed by atoms with E-state index in [4.69, 9.17) is 32.8 Å². The third-order valence-corrected chi connectivity index (χ3v) is 17.1. The van der Waals surface area contributed by atoms with Gasteiger partial charge in [-0.1, -0.05) is 146 Å². The highest BCUT2D eigenvalue weighted by molar-refractivity contribution is 6.48. The van der Waals surface area contributed by atoms with Gasteiger partial charge in [0.1, 0.15) is 23.9 Å². The minimum Gasteiger partial charge on any atom is -0.452 e. The molecule has 0 radical (unpaired) electrons. The molecule has 13 unspecified atom stereocenters. The molecule has 4 saturated heterocycles. The van der Waals surface area contributed by atoms with Crippen LogP contribution >= 0.6 is 0 Å². The van der Waals surface area contributed by atoms with Crippen LogP contribution in [0.25, 0.3) is 0 Å². The summed E-state index contributed by atoms with van der Waals surface area (Å²) in [6.07, 6.45) is 9.11. The number of benzene rings is 2. The van der Waals surface area contributed by atoms with Crippen molar-refractivity contribution < 1.29 is 42.4 Å². The Balaban J connectivity index is 1.15. The highest BCUT2D eigenvalue weighted by atomic mass is 28.3. The maximum Gasteiger partial charge on any atom is 0.318 e. The highest BCUT2D eigenvalue weighted by Gasteiger charge is 2.86. The van der Waals surface area contributed by atoms with Gasteiger partial charge in [0.05, 0.1) is 17.9 Å². The lowest BCUT2D eigenvalue weighted by Crippen LogP contribution is -2.66. The van der Waals surface area contributed by atoms with Gasteiger partial charge in [-0.15, -0.1) is 0 Å². The summed E-state index contributed by atoms with van der Waals surface area (Å²) in [6, 6.07) is 20.0. The smallest absolute Gasteiger partial charge is 0.318 e. The van der Waals surface area contributed by atoms with Crippen molar-refractivity contribution in [2.45, 2.75) is 149 Å². The maximum atomic E-state index is 16.2. The number of hydrogen-bond donors (Lipinski definition) is 0. The van der Waals surface area contributed by atoms with Crippen molar-refractivity contribution in [2.75, 3.05) is 13.2 Å². The molecule has 332 valence electrons. The SMILES string of the molecule is CCCCCCOC1C2OC3(O[SiH](C)C)OC(OCC45CC6C(C)CCC6C6(C=O)CC4C=C(C(C)C)C65C(=O)OC(c4ccccc4)c4ccccc4)(OC13)C2C(C)(C)C. The van der Waals surface area contributed by atoms with E-state index in [9.17, 15) is 4.79 Å². The van der Waals surface area contributed by atoms with Crippen molar-refractivity contribution in [3.63, 3.8) is 0 Å². The van der Waals surface area contributed by atoms with E-state index in [-0.39, 0.29) is 48.3 Å². The molecule has 9 nitrogen and oxygen atoms in total. The van der Waals surface area contributed by atoms with Gasteiger partial charge in [-0.05, 0) is 84.9 Å². The van der Waals surface area contributed by atoms with Crippen molar-refractivity contribution in [2.24, 2.45) is 57.2 Å². The molecule has 3 saturated carbocycles. The van der Waals surface area contributed by atoms with Crippen LogP contribution in [-0.4, -0.2) is 64.8 Å². The van der Waals surface area contributed by atoms with E-state index < -0.39 is 61.0 Å². The normalized spacial score (nSPS) is 40.4. The van der Waals surface area contributed by atoms with Gasteiger partial charge >= 0.3 is 11.9 Å². The molecule has 0 amide bonds. The van der Waals surface area contributed by atoms with Crippen molar-refractivity contribution in [3.05, 3.63) is 83.4 Å². The molecule has 0 N–H and O–H groups in total. The predicted octanol–water partition coefficient (Wildman–Crippen LogP) is 9.94. The molecule has 4 aliphatic heterocycles. The first kappa shape index (κ1) is 43.5. The van der Waals surface area contributed by atoms with Crippen LogP contribution in [0.15, 0.2) is 72.3 Å².